The number of amides is 2. The topological polar surface area (TPSA) is 109 Å². The highest BCUT2D eigenvalue weighted by Crippen LogP contribution is 2.18. The number of aromatic nitrogens is 2. The van der Waals surface area contributed by atoms with E-state index in [1.165, 1.54) is 4.90 Å². The summed E-state index contributed by atoms with van der Waals surface area (Å²) in [6.45, 7) is 0.550. The molecule has 1 aliphatic heterocycles. The molecule has 7 nitrogen and oxygen atoms in total. The number of rotatable bonds is 4. The summed E-state index contributed by atoms with van der Waals surface area (Å²) in [5.41, 5.74) is 5.72. The zero-order chi connectivity index (χ0) is 16.4. The van der Waals surface area contributed by atoms with Crippen molar-refractivity contribution in [1.29, 1.82) is 0 Å². The number of aryl methyl sites for hydroxylation is 1. The fourth-order valence-electron chi connectivity index (χ4n) is 2.98. The highest BCUT2D eigenvalue weighted by atomic mass is 16.2. The predicted octanol–water partition coefficient (Wildman–Crippen LogP) is 0.332. The van der Waals surface area contributed by atoms with Crippen molar-refractivity contribution in [2.24, 2.45) is 5.73 Å². The van der Waals surface area contributed by atoms with Crippen molar-refractivity contribution in [2.45, 2.75) is 31.7 Å². The molecular weight excluding hydrogens is 296 g/mol. The quantitative estimate of drug-likeness (QED) is 0.847. The number of carbonyl (C=O) groups is 2. The Kier molecular flexibility index (Phi) is 4.10. The van der Waals surface area contributed by atoms with Crippen LogP contribution in [-0.2, 0) is 16.0 Å². The van der Waals surface area contributed by atoms with E-state index in [0.717, 1.165) is 6.42 Å². The Bertz CT molecular complexity index is 814. The van der Waals surface area contributed by atoms with E-state index in [4.69, 9.17) is 5.73 Å². The molecule has 2 amide bonds. The number of aromatic amines is 1. The second kappa shape index (κ2) is 6.20. The molecule has 1 aromatic carbocycles. The third kappa shape index (κ3) is 3.08. The van der Waals surface area contributed by atoms with E-state index in [2.05, 4.69) is 9.97 Å². The minimum absolute atomic E-state index is 0.137. The van der Waals surface area contributed by atoms with E-state index < -0.39 is 11.9 Å². The summed E-state index contributed by atoms with van der Waals surface area (Å²) in [4.78, 5) is 44.2. The number of primary amides is 1. The first-order valence-corrected chi connectivity index (χ1v) is 7.63. The number of nitrogens with one attached hydrogen (secondary N) is 1. The van der Waals surface area contributed by atoms with Crippen LogP contribution in [-0.4, -0.2) is 39.3 Å². The zero-order valence-corrected chi connectivity index (χ0v) is 12.6. The number of nitrogens with two attached hydrogens (primary N) is 1. The number of para-hydroxylation sites is 1. The maximum Gasteiger partial charge on any atom is 0.258 e. The van der Waals surface area contributed by atoms with Crippen LogP contribution in [0.5, 0.6) is 0 Å². The molecule has 0 aliphatic carbocycles. The van der Waals surface area contributed by atoms with Crippen molar-refractivity contribution >= 4 is 22.7 Å². The average molecular weight is 314 g/mol. The molecule has 0 spiro atoms. The Labute approximate surface area is 132 Å². The number of carbonyl (C=O) groups excluding carboxylic acids is 2. The minimum Gasteiger partial charge on any atom is -0.368 e. The highest BCUT2D eigenvalue weighted by Gasteiger charge is 2.32. The lowest BCUT2D eigenvalue weighted by atomic mass is 10.2. The van der Waals surface area contributed by atoms with Gasteiger partial charge in [-0.3, -0.25) is 14.4 Å². The molecule has 3 rings (SSSR count). The largest absolute Gasteiger partial charge is 0.368 e. The summed E-state index contributed by atoms with van der Waals surface area (Å²) >= 11 is 0. The number of benzene rings is 1. The van der Waals surface area contributed by atoms with Crippen LogP contribution in [0.25, 0.3) is 10.9 Å². The first-order chi connectivity index (χ1) is 11.1. The van der Waals surface area contributed by atoms with Gasteiger partial charge in [0.15, 0.2) is 0 Å². The van der Waals surface area contributed by atoms with Crippen LogP contribution in [0.3, 0.4) is 0 Å². The van der Waals surface area contributed by atoms with Gasteiger partial charge in [-0.2, -0.15) is 0 Å². The molecule has 1 fully saturated rings. The Morgan fingerprint density at radius 3 is 2.91 bits per heavy atom. The Balaban J connectivity index is 1.72. The molecule has 0 bridgehead atoms. The van der Waals surface area contributed by atoms with Crippen LogP contribution in [0.1, 0.15) is 25.1 Å². The van der Waals surface area contributed by atoms with Crippen LogP contribution >= 0.6 is 0 Å². The smallest absolute Gasteiger partial charge is 0.258 e. The summed E-state index contributed by atoms with van der Waals surface area (Å²) in [6.07, 6.45) is 1.91. The fourth-order valence-corrected chi connectivity index (χ4v) is 2.98. The molecule has 2 aromatic rings. The maximum atomic E-state index is 12.3. The molecule has 7 heteroatoms. The maximum absolute atomic E-state index is 12.3. The molecule has 3 N–H and O–H groups in total. The number of hydrogen-bond acceptors (Lipinski definition) is 4. The normalized spacial score (nSPS) is 17.6. The first-order valence-electron chi connectivity index (χ1n) is 7.63. The molecule has 1 aliphatic rings. The van der Waals surface area contributed by atoms with Gasteiger partial charge in [-0.25, -0.2) is 4.98 Å². The summed E-state index contributed by atoms with van der Waals surface area (Å²) in [5.74, 6) is -0.132. The van der Waals surface area contributed by atoms with Crippen molar-refractivity contribution in [3.05, 3.63) is 40.4 Å². The third-order valence-electron chi connectivity index (χ3n) is 4.14. The van der Waals surface area contributed by atoms with Gasteiger partial charge >= 0.3 is 0 Å². The van der Waals surface area contributed by atoms with E-state index >= 15 is 0 Å². The second-order valence-corrected chi connectivity index (χ2v) is 5.68. The van der Waals surface area contributed by atoms with Crippen LogP contribution < -0.4 is 11.3 Å². The average Bonchev–Trinajstić information content (AvgIpc) is 3.02. The molecule has 0 radical (unpaired) electrons. The lowest BCUT2D eigenvalue weighted by molar-refractivity contribution is -0.137. The van der Waals surface area contributed by atoms with E-state index in [9.17, 15) is 14.4 Å². The van der Waals surface area contributed by atoms with Gasteiger partial charge in [-0.1, -0.05) is 12.1 Å². The highest BCUT2D eigenvalue weighted by molar-refractivity contribution is 5.87. The molecule has 120 valence electrons. The standard InChI is InChI=1S/C16H18N4O3/c17-15(22)12-6-3-9-20(12)14(21)8-7-13-18-11-5-2-1-4-10(11)16(23)19-13/h1-2,4-5,12H,3,6-9H2,(H2,17,22)(H,18,19,23). The van der Waals surface area contributed by atoms with Crippen molar-refractivity contribution in [1.82, 2.24) is 14.9 Å². The van der Waals surface area contributed by atoms with Gasteiger partial charge in [0.1, 0.15) is 11.9 Å². The summed E-state index contributed by atoms with van der Waals surface area (Å²) < 4.78 is 0. The van der Waals surface area contributed by atoms with E-state index in [0.29, 0.717) is 36.1 Å². The Morgan fingerprint density at radius 2 is 2.13 bits per heavy atom. The van der Waals surface area contributed by atoms with Gasteiger partial charge in [0, 0.05) is 19.4 Å². The van der Waals surface area contributed by atoms with E-state index in [1.54, 1.807) is 18.2 Å². The SMILES string of the molecule is NC(=O)C1CCCN1C(=O)CCc1nc2ccccc2c(=O)[nH]1. The van der Waals surface area contributed by atoms with Crippen LogP contribution in [0, 0.1) is 0 Å². The molecular formula is C16H18N4O3. The van der Waals surface area contributed by atoms with Gasteiger partial charge in [-0.15, -0.1) is 0 Å². The fraction of sp³-hybridized carbons (Fsp3) is 0.375. The van der Waals surface area contributed by atoms with E-state index in [-0.39, 0.29) is 17.9 Å². The minimum atomic E-state index is -0.508. The van der Waals surface area contributed by atoms with Crippen LogP contribution in [0.4, 0.5) is 0 Å². The van der Waals surface area contributed by atoms with E-state index in [1.807, 2.05) is 6.07 Å². The molecule has 1 saturated heterocycles. The van der Waals surface area contributed by atoms with Crippen molar-refractivity contribution in [3.63, 3.8) is 0 Å². The summed E-state index contributed by atoms with van der Waals surface area (Å²) in [6, 6.07) is 6.55. The van der Waals surface area contributed by atoms with Crippen LogP contribution in [0.2, 0.25) is 0 Å². The van der Waals surface area contributed by atoms with Gasteiger partial charge < -0.3 is 15.6 Å². The lowest BCUT2D eigenvalue weighted by Crippen LogP contribution is -2.43. The number of likely N-dealkylation sites (tertiary alicyclic amines) is 1. The molecule has 0 saturated carbocycles. The second-order valence-electron chi connectivity index (χ2n) is 5.68. The predicted molar refractivity (Wildman–Crippen MR) is 84.6 cm³/mol. The van der Waals surface area contributed by atoms with Gasteiger partial charge in [0.2, 0.25) is 11.8 Å². The number of H-pyrrole nitrogens is 1. The first kappa shape index (κ1) is 15.2. The molecule has 1 atom stereocenters. The third-order valence-corrected chi connectivity index (χ3v) is 4.14. The number of fused-ring (bicyclic) bond motifs is 1. The van der Waals surface area contributed by atoms with Gasteiger partial charge in [-0.05, 0) is 25.0 Å². The van der Waals surface area contributed by atoms with Gasteiger partial charge in [0.05, 0.1) is 10.9 Å². The van der Waals surface area contributed by atoms with Crippen molar-refractivity contribution in [3.8, 4) is 0 Å². The molecule has 2 heterocycles. The molecule has 1 unspecified atom stereocenters. The molecule has 23 heavy (non-hydrogen) atoms. The Morgan fingerprint density at radius 1 is 1.35 bits per heavy atom. The van der Waals surface area contributed by atoms with Crippen LogP contribution in [0.15, 0.2) is 29.1 Å². The summed E-state index contributed by atoms with van der Waals surface area (Å²) in [7, 11) is 0. The zero-order valence-electron chi connectivity index (χ0n) is 12.6. The van der Waals surface area contributed by atoms with Crippen molar-refractivity contribution in [2.75, 3.05) is 6.54 Å². The Hall–Kier alpha value is -2.70. The lowest BCUT2D eigenvalue weighted by Gasteiger charge is -2.22. The number of nitrogens with zero attached hydrogens (tertiary/aromatic N) is 2. The molecule has 1 aromatic heterocycles. The van der Waals surface area contributed by atoms with Crippen molar-refractivity contribution < 1.29 is 9.59 Å². The number of hydrogen-bond donors (Lipinski definition) is 2. The summed E-state index contributed by atoms with van der Waals surface area (Å²) in [5, 5.41) is 0.524. The monoisotopic (exact) mass is 314 g/mol. The van der Waals surface area contributed by atoms with Gasteiger partial charge in [0.25, 0.3) is 5.56 Å².